The van der Waals surface area contributed by atoms with Gasteiger partial charge in [-0.2, -0.15) is 0 Å². The zero-order chi connectivity index (χ0) is 15.1. The van der Waals surface area contributed by atoms with E-state index in [0.29, 0.717) is 0 Å². The number of allylic oxidation sites excluding steroid dienone is 2. The van der Waals surface area contributed by atoms with Crippen LogP contribution in [0.3, 0.4) is 0 Å². The second-order valence-corrected chi connectivity index (χ2v) is 7.11. The molecule has 1 spiro atoms. The van der Waals surface area contributed by atoms with Crippen molar-refractivity contribution in [3.63, 3.8) is 0 Å². The maximum absolute atomic E-state index is 13.0. The Balaban J connectivity index is 1.45. The molecule has 4 heteroatoms. The van der Waals surface area contributed by atoms with E-state index < -0.39 is 0 Å². The summed E-state index contributed by atoms with van der Waals surface area (Å²) in [5.74, 6) is -0.132. The number of benzene rings is 1. The second-order valence-electron chi connectivity index (χ2n) is 7.11. The van der Waals surface area contributed by atoms with Gasteiger partial charge in [0, 0.05) is 0 Å². The average molecular weight is 297 g/mol. The van der Waals surface area contributed by atoms with Crippen LogP contribution in [0.4, 0.5) is 4.39 Å². The van der Waals surface area contributed by atoms with Crippen LogP contribution in [-0.2, 0) is 16.1 Å². The molecule has 1 aromatic rings. The summed E-state index contributed by atoms with van der Waals surface area (Å²) in [5.41, 5.74) is 1.03. The molecule has 3 fully saturated rings. The first-order valence-corrected chi connectivity index (χ1v) is 7.90. The number of halogens is 1. The largest absolute Gasteiger partial charge is 0.278 e. The maximum atomic E-state index is 13.0. The Bertz CT molecular complexity index is 685. The fraction of sp³-hybridized carbons (Fsp3) is 0.444. The number of hydrogen-bond donors (Lipinski definition) is 0. The Morgan fingerprint density at radius 3 is 2.05 bits per heavy atom. The molecule has 5 rings (SSSR count). The van der Waals surface area contributed by atoms with E-state index in [9.17, 15) is 14.0 Å². The Morgan fingerprint density at radius 1 is 1.00 bits per heavy atom. The van der Waals surface area contributed by atoms with Crippen molar-refractivity contribution in [2.24, 2.45) is 29.1 Å². The van der Waals surface area contributed by atoms with Gasteiger partial charge in [-0.25, -0.2) is 4.39 Å². The molecule has 2 amide bonds. The quantitative estimate of drug-likeness (QED) is 0.621. The molecule has 2 saturated carbocycles. The fourth-order valence-electron chi connectivity index (χ4n) is 5.07. The number of nitrogens with zero attached hydrogens (tertiary/aromatic N) is 1. The highest BCUT2D eigenvalue weighted by Crippen LogP contribution is 2.73. The van der Waals surface area contributed by atoms with E-state index in [1.165, 1.54) is 17.0 Å². The molecular formula is C18H16FNO2. The predicted molar refractivity (Wildman–Crippen MR) is 76.7 cm³/mol. The Morgan fingerprint density at radius 2 is 1.55 bits per heavy atom. The molecule has 0 radical (unpaired) electrons. The highest BCUT2D eigenvalue weighted by molar-refractivity contribution is 6.06. The van der Waals surface area contributed by atoms with Crippen LogP contribution in [0.1, 0.15) is 18.4 Å². The van der Waals surface area contributed by atoms with E-state index in [2.05, 4.69) is 12.2 Å². The van der Waals surface area contributed by atoms with E-state index >= 15 is 0 Å². The third kappa shape index (κ3) is 1.36. The van der Waals surface area contributed by atoms with Crippen LogP contribution in [0.25, 0.3) is 0 Å². The van der Waals surface area contributed by atoms with Crippen molar-refractivity contribution in [3.05, 3.63) is 47.8 Å². The maximum Gasteiger partial charge on any atom is 0.234 e. The summed E-state index contributed by atoms with van der Waals surface area (Å²) in [4.78, 5) is 26.9. The van der Waals surface area contributed by atoms with E-state index in [-0.39, 0.29) is 53.3 Å². The van der Waals surface area contributed by atoms with Crippen molar-refractivity contribution < 1.29 is 14.0 Å². The van der Waals surface area contributed by atoms with Crippen LogP contribution < -0.4 is 0 Å². The SMILES string of the molecule is O=C1[C@@H]2[C@H](C(=O)N1Cc1ccc(F)cc1)[C@H]1C=C[C@@H]2C12CC2. The van der Waals surface area contributed by atoms with E-state index in [4.69, 9.17) is 0 Å². The van der Waals surface area contributed by atoms with Gasteiger partial charge < -0.3 is 0 Å². The van der Waals surface area contributed by atoms with E-state index in [1.54, 1.807) is 12.1 Å². The van der Waals surface area contributed by atoms with Crippen molar-refractivity contribution in [2.75, 3.05) is 0 Å². The summed E-state index contributed by atoms with van der Waals surface area (Å²) in [6.45, 7) is 0.261. The van der Waals surface area contributed by atoms with Crippen LogP contribution in [0.15, 0.2) is 36.4 Å². The van der Waals surface area contributed by atoms with Gasteiger partial charge in [-0.1, -0.05) is 24.3 Å². The molecule has 1 heterocycles. The van der Waals surface area contributed by atoms with Crippen molar-refractivity contribution in [1.29, 1.82) is 0 Å². The van der Waals surface area contributed by atoms with Crippen molar-refractivity contribution in [1.82, 2.24) is 4.90 Å². The number of imide groups is 1. The molecule has 0 N–H and O–H groups in total. The monoisotopic (exact) mass is 297 g/mol. The zero-order valence-electron chi connectivity index (χ0n) is 12.0. The molecule has 0 unspecified atom stereocenters. The van der Waals surface area contributed by atoms with Crippen LogP contribution in [0, 0.1) is 34.9 Å². The predicted octanol–water partition coefficient (Wildman–Crippen LogP) is 2.52. The topological polar surface area (TPSA) is 37.4 Å². The van der Waals surface area contributed by atoms with Gasteiger partial charge >= 0.3 is 0 Å². The highest BCUT2D eigenvalue weighted by atomic mass is 19.1. The summed E-state index contributed by atoms with van der Waals surface area (Å²) in [5, 5.41) is 0. The lowest BCUT2D eigenvalue weighted by Gasteiger charge is -2.21. The Kier molecular flexibility index (Phi) is 2.20. The lowest BCUT2D eigenvalue weighted by Crippen LogP contribution is -2.34. The lowest BCUT2D eigenvalue weighted by molar-refractivity contribution is -0.141. The normalized spacial score (nSPS) is 36.5. The van der Waals surface area contributed by atoms with Gasteiger partial charge in [0.1, 0.15) is 5.82 Å². The van der Waals surface area contributed by atoms with E-state index in [1.807, 2.05) is 0 Å². The molecule has 2 bridgehead atoms. The molecule has 3 aliphatic carbocycles. The minimum Gasteiger partial charge on any atom is -0.278 e. The van der Waals surface area contributed by atoms with Gasteiger partial charge in [-0.3, -0.25) is 14.5 Å². The average Bonchev–Trinajstić information content (AvgIpc) is 3.12. The second kappa shape index (κ2) is 3.86. The summed E-state index contributed by atoms with van der Waals surface area (Å²) in [6.07, 6.45) is 6.65. The first kappa shape index (κ1) is 12.6. The first-order valence-electron chi connectivity index (χ1n) is 7.90. The molecule has 4 aliphatic rings. The molecule has 4 atom stereocenters. The van der Waals surface area contributed by atoms with Crippen LogP contribution in [0.2, 0.25) is 0 Å². The van der Waals surface area contributed by atoms with Crippen LogP contribution in [0.5, 0.6) is 0 Å². The standard InChI is InChI=1S/C18H16FNO2/c19-11-3-1-10(2-4-11)9-20-16(21)14-12-5-6-13(15(14)17(20)22)18(12)7-8-18/h1-6,12-15H,7-9H2/t12-,13+,14-,15+. The highest BCUT2D eigenvalue weighted by Gasteiger charge is 2.73. The van der Waals surface area contributed by atoms with Gasteiger partial charge in [-0.05, 0) is 47.8 Å². The van der Waals surface area contributed by atoms with Gasteiger partial charge in [0.15, 0.2) is 0 Å². The molecule has 1 aliphatic heterocycles. The smallest absolute Gasteiger partial charge is 0.234 e. The van der Waals surface area contributed by atoms with Crippen molar-refractivity contribution >= 4 is 11.8 Å². The van der Waals surface area contributed by atoms with Gasteiger partial charge in [0.25, 0.3) is 0 Å². The fourth-order valence-corrected chi connectivity index (χ4v) is 5.07. The third-order valence-electron chi connectivity index (χ3n) is 6.20. The molecule has 1 aromatic carbocycles. The first-order chi connectivity index (χ1) is 10.6. The third-order valence-corrected chi connectivity index (χ3v) is 6.20. The summed E-state index contributed by atoms with van der Waals surface area (Å²) < 4.78 is 13.0. The minimum absolute atomic E-state index is 0.0255. The summed E-state index contributed by atoms with van der Waals surface area (Å²) >= 11 is 0. The zero-order valence-corrected chi connectivity index (χ0v) is 12.0. The number of rotatable bonds is 2. The summed E-state index contributed by atoms with van der Waals surface area (Å²) in [6, 6.07) is 6.01. The number of carbonyl (C=O) groups is 2. The molecular weight excluding hydrogens is 281 g/mol. The van der Waals surface area contributed by atoms with Gasteiger partial charge in [-0.15, -0.1) is 0 Å². The number of amides is 2. The van der Waals surface area contributed by atoms with Crippen molar-refractivity contribution in [3.8, 4) is 0 Å². The van der Waals surface area contributed by atoms with E-state index in [0.717, 1.165) is 18.4 Å². The number of carbonyl (C=O) groups excluding carboxylic acids is 2. The van der Waals surface area contributed by atoms with Crippen LogP contribution in [-0.4, -0.2) is 16.7 Å². The lowest BCUT2D eigenvalue weighted by atomic mass is 9.85. The number of fused-ring (bicyclic) bond motifs is 3. The molecule has 3 nitrogen and oxygen atoms in total. The number of hydrogen-bond acceptors (Lipinski definition) is 2. The molecule has 22 heavy (non-hydrogen) atoms. The molecule has 112 valence electrons. The Labute approximate surface area is 127 Å². The van der Waals surface area contributed by atoms with Gasteiger partial charge in [0.2, 0.25) is 11.8 Å². The van der Waals surface area contributed by atoms with Crippen LogP contribution >= 0.6 is 0 Å². The van der Waals surface area contributed by atoms with Gasteiger partial charge in [0.05, 0.1) is 18.4 Å². The van der Waals surface area contributed by atoms with Crippen molar-refractivity contribution in [2.45, 2.75) is 19.4 Å². The molecule has 1 saturated heterocycles. The summed E-state index contributed by atoms with van der Waals surface area (Å²) in [7, 11) is 0. The number of likely N-dealkylation sites (tertiary alicyclic amines) is 1. The Hall–Kier alpha value is -1.97. The minimum atomic E-state index is -0.308. The molecule has 0 aromatic heterocycles.